The first-order valence-electron chi connectivity index (χ1n) is 8.46. The van der Waals surface area contributed by atoms with E-state index in [1.165, 1.54) is 0 Å². The lowest BCUT2D eigenvalue weighted by Gasteiger charge is -2.14. The van der Waals surface area contributed by atoms with E-state index in [1.54, 1.807) is 24.3 Å². The van der Waals surface area contributed by atoms with Crippen molar-refractivity contribution >= 4 is 17.5 Å². The number of carbonyl (C=O) groups is 2. The number of hydrogen-bond acceptors (Lipinski definition) is 2. The molecule has 3 aromatic carbocycles. The predicted octanol–water partition coefficient (Wildman–Crippen LogP) is 4.43. The van der Waals surface area contributed by atoms with Crippen LogP contribution in [0.4, 0.5) is 5.69 Å². The molecule has 2 amide bonds. The highest BCUT2D eigenvalue weighted by molar-refractivity contribution is 6.05. The quantitative estimate of drug-likeness (QED) is 0.719. The van der Waals surface area contributed by atoms with Gasteiger partial charge in [0.25, 0.3) is 11.8 Å². The number of para-hydroxylation sites is 1. The predicted molar refractivity (Wildman–Crippen MR) is 103 cm³/mol. The zero-order chi connectivity index (χ0) is 18.4. The molecule has 26 heavy (non-hydrogen) atoms. The third-order valence-electron chi connectivity index (χ3n) is 4.09. The molecule has 0 bridgehead atoms. The molecule has 3 aromatic rings. The summed E-state index contributed by atoms with van der Waals surface area (Å²) in [6.07, 6.45) is 0. The minimum Gasteiger partial charge on any atom is -0.346 e. The molecule has 0 aliphatic rings. The summed E-state index contributed by atoms with van der Waals surface area (Å²) >= 11 is 0. The fourth-order valence-corrected chi connectivity index (χ4v) is 2.60. The number of anilines is 1. The number of amides is 2. The van der Waals surface area contributed by atoms with E-state index >= 15 is 0 Å². The zero-order valence-corrected chi connectivity index (χ0v) is 14.5. The van der Waals surface area contributed by atoms with E-state index in [-0.39, 0.29) is 17.9 Å². The molecule has 0 fully saturated rings. The average Bonchev–Trinajstić information content (AvgIpc) is 2.69. The van der Waals surface area contributed by atoms with Crippen LogP contribution in [0.2, 0.25) is 0 Å². The first-order valence-corrected chi connectivity index (χ1v) is 8.46. The molecule has 3 rings (SSSR count). The van der Waals surface area contributed by atoms with Crippen molar-refractivity contribution in [1.29, 1.82) is 0 Å². The maximum Gasteiger partial charge on any atom is 0.255 e. The highest BCUT2D eigenvalue weighted by Gasteiger charge is 2.12. The SMILES string of the molecule is CC(NC(=O)c1ccc(C(=O)Nc2ccccc2)cc1)c1ccccc1. The van der Waals surface area contributed by atoms with Crippen LogP contribution in [0.1, 0.15) is 39.2 Å². The number of nitrogens with one attached hydrogen (secondary N) is 2. The van der Waals surface area contributed by atoms with E-state index in [0.717, 1.165) is 11.3 Å². The first-order chi connectivity index (χ1) is 12.6. The number of benzene rings is 3. The van der Waals surface area contributed by atoms with Gasteiger partial charge in [-0.2, -0.15) is 0 Å². The van der Waals surface area contributed by atoms with Gasteiger partial charge in [0, 0.05) is 16.8 Å². The number of hydrogen-bond donors (Lipinski definition) is 2. The number of rotatable bonds is 5. The molecule has 4 heteroatoms. The Balaban J connectivity index is 1.63. The van der Waals surface area contributed by atoms with Gasteiger partial charge in [0.05, 0.1) is 6.04 Å². The lowest BCUT2D eigenvalue weighted by Crippen LogP contribution is -2.26. The molecule has 1 unspecified atom stereocenters. The third-order valence-corrected chi connectivity index (χ3v) is 4.09. The fourth-order valence-electron chi connectivity index (χ4n) is 2.60. The largest absolute Gasteiger partial charge is 0.346 e. The van der Waals surface area contributed by atoms with E-state index in [9.17, 15) is 9.59 Å². The molecule has 0 saturated heterocycles. The van der Waals surface area contributed by atoms with Gasteiger partial charge in [-0.1, -0.05) is 48.5 Å². The molecule has 1 atom stereocenters. The average molecular weight is 344 g/mol. The van der Waals surface area contributed by atoms with Crippen LogP contribution < -0.4 is 10.6 Å². The van der Waals surface area contributed by atoms with Crippen LogP contribution >= 0.6 is 0 Å². The molecule has 0 aliphatic heterocycles. The van der Waals surface area contributed by atoms with Gasteiger partial charge in [-0.25, -0.2) is 0 Å². The molecule has 0 spiro atoms. The summed E-state index contributed by atoms with van der Waals surface area (Å²) in [6, 6.07) is 25.6. The lowest BCUT2D eigenvalue weighted by molar-refractivity contribution is 0.0938. The van der Waals surface area contributed by atoms with Gasteiger partial charge >= 0.3 is 0 Å². The van der Waals surface area contributed by atoms with Crippen molar-refractivity contribution in [2.45, 2.75) is 13.0 Å². The lowest BCUT2D eigenvalue weighted by atomic mass is 10.1. The van der Waals surface area contributed by atoms with E-state index in [1.807, 2.05) is 67.6 Å². The molecule has 0 aromatic heterocycles. The number of carbonyl (C=O) groups excluding carboxylic acids is 2. The molecule has 4 nitrogen and oxygen atoms in total. The third kappa shape index (κ3) is 4.36. The molecular formula is C22H20N2O2. The van der Waals surface area contributed by atoms with Crippen LogP contribution in [0.25, 0.3) is 0 Å². The maximum absolute atomic E-state index is 12.4. The van der Waals surface area contributed by atoms with Crippen LogP contribution in [0.15, 0.2) is 84.9 Å². The van der Waals surface area contributed by atoms with Crippen molar-refractivity contribution in [2.24, 2.45) is 0 Å². The fraction of sp³-hybridized carbons (Fsp3) is 0.0909. The van der Waals surface area contributed by atoms with Crippen molar-refractivity contribution in [3.05, 3.63) is 102 Å². The molecular weight excluding hydrogens is 324 g/mol. The van der Waals surface area contributed by atoms with Gasteiger partial charge in [0.2, 0.25) is 0 Å². The van der Waals surface area contributed by atoms with E-state index in [2.05, 4.69) is 10.6 Å². The van der Waals surface area contributed by atoms with Crippen molar-refractivity contribution in [3.63, 3.8) is 0 Å². The highest BCUT2D eigenvalue weighted by Crippen LogP contribution is 2.14. The molecule has 0 radical (unpaired) electrons. The normalized spacial score (nSPS) is 11.4. The summed E-state index contributed by atoms with van der Waals surface area (Å²) in [6.45, 7) is 1.94. The van der Waals surface area contributed by atoms with Crippen LogP contribution in [-0.4, -0.2) is 11.8 Å². The van der Waals surface area contributed by atoms with Crippen LogP contribution in [0.5, 0.6) is 0 Å². The minimum atomic E-state index is -0.208. The monoisotopic (exact) mass is 344 g/mol. The van der Waals surface area contributed by atoms with Gasteiger partial charge < -0.3 is 10.6 Å². The van der Waals surface area contributed by atoms with Gasteiger partial charge in [-0.3, -0.25) is 9.59 Å². The molecule has 0 heterocycles. The minimum absolute atomic E-state index is 0.0928. The van der Waals surface area contributed by atoms with Crippen molar-refractivity contribution in [1.82, 2.24) is 5.32 Å². The van der Waals surface area contributed by atoms with Crippen molar-refractivity contribution in [2.75, 3.05) is 5.32 Å². The summed E-state index contributed by atoms with van der Waals surface area (Å²) in [7, 11) is 0. The van der Waals surface area contributed by atoms with Crippen LogP contribution in [-0.2, 0) is 0 Å². The van der Waals surface area contributed by atoms with Gasteiger partial charge in [-0.15, -0.1) is 0 Å². The van der Waals surface area contributed by atoms with E-state index in [4.69, 9.17) is 0 Å². The summed E-state index contributed by atoms with van der Waals surface area (Å²) in [5, 5.41) is 5.78. The Morgan fingerprint density at radius 1 is 0.692 bits per heavy atom. The van der Waals surface area contributed by atoms with Gasteiger partial charge in [0.15, 0.2) is 0 Å². The summed E-state index contributed by atoms with van der Waals surface area (Å²) < 4.78 is 0. The molecule has 130 valence electrons. The molecule has 0 aliphatic carbocycles. The molecule has 0 saturated carbocycles. The van der Waals surface area contributed by atoms with Crippen LogP contribution in [0.3, 0.4) is 0 Å². The van der Waals surface area contributed by atoms with Gasteiger partial charge in [-0.05, 0) is 48.9 Å². The Labute approximate surface area is 152 Å². The second kappa shape index (κ2) is 8.12. The highest BCUT2D eigenvalue weighted by atomic mass is 16.2. The summed E-state index contributed by atoms with van der Waals surface area (Å²) in [5.74, 6) is -0.378. The van der Waals surface area contributed by atoms with E-state index in [0.29, 0.717) is 11.1 Å². The van der Waals surface area contributed by atoms with Crippen molar-refractivity contribution in [3.8, 4) is 0 Å². The second-order valence-corrected chi connectivity index (χ2v) is 6.00. The Kier molecular flexibility index (Phi) is 5.44. The smallest absolute Gasteiger partial charge is 0.255 e. The van der Waals surface area contributed by atoms with Crippen LogP contribution in [0, 0.1) is 0 Å². The maximum atomic E-state index is 12.4. The standard InChI is InChI=1S/C22H20N2O2/c1-16(17-8-4-2-5-9-17)23-21(25)18-12-14-19(15-13-18)22(26)24-20-10-6-3-7-11-20/h2-16H,1H3,(H,23,25)(H,24,26). The summed E-state index contributed by atoms with van der Waals surface area (Å²) in [4.78, 5) is 24.6. The summed E-state index contributed by atoms with van der Waals surface area (Å²) in [5.41, 5.74) is 2.79. The van der Waals surface area contributed by atoms with E-state index < -0.39 is 0 Å². The Hall–Kier alpha value is -3.40. The second-order valence-electron chi connectivity index (χ2n) is 6.00. The van der Waals surface area contributed by atoms with Crippen molar-refractivity contribution < 1.29 is 9.59 Å². The Bertz CT molecular complexity index is 875. The zero-order valence-electron chi connectivity index (χ0n) is 14.5. The first kappa shape index (κ1) is 17.4. The molecule has 2 N–H and O–H groups in total. The topological polar surface area (TPSA) is 58.2 Å². The Morgan fingerprint density at radius 3 is 1.77 bits per heavy atom. The van der Waals surface area contributed by atoms with Gasteiger partial charge in [0.1, 0.15) is 0 Å². The Morgan fingerprint density at radius 2 is 1.19 bits per heavy atom.